The van der Waals surface area contributed by atoms with Crippen molar-refractivity contribution in [3.8, 4) is 0 Å². The van der Waals surface area contributed by atoms with Crippen molar-refractivity contribution < 1.29 is 9.90 Å². The van der Waals surface area contributed by atoms with Crippen LogP contribution < -0.4 is 10.6 Å². The van der Waals surface area contributed by atoms with Crippen LogP contribution in [0.4, 0.5) is 0 Å². The smallest absolute Gasteiger partial charge is 0.234 e. The molecule has 0 spiro atoms. The Morgan fingerprint density at radius 2 is 2.28 bits per heavy atom. The van der Waals surface area contributed by atoms with Gasteiger partial charge in [0, 0.05) is 13.0 Å². The zero-order valence-electron chi connectivity index (χ0n) is 10.2. The monoisotopic (exact) mass is 246 g/mol. The molecule has 1 aliphatic carbocycles. The summed E-state index contributed by atoms with van der Waals surface area (Å²) in [5, 5.41) is 15.8. The molecule has 4 nitrogen and oxygen atoms in total. The maximum Gasteiger partial charge on any atom is 0.234 e. The number of rotatable bonds is 5. The van der Waals surface area contributed by atoms with Crippen LogP contribution in [0.5, 0.6) is 0 Å². The number of aliphatic hydroxyl groups is 1. The van der Waals surface area contributed by atoms with E-state index in [0.29, 0.717) is 13.0 Å². The van der Waals surface area contributed by atoms with Gasteiger partial charge in [0.1, 0.15) is 0 Å². The van der Waals surface area contributed by atoms with E-state index in [1.54, 1.807) is 6.08 Å². The van der Waals surface area contributed by atoms with E-state index >= 15 is 0 Å². The highest BCUT2D eigenvalue weighted by Crippen LogP contribution is 2.30. The van der Waals surface area contributed by atoms with Crippen molar-refractivity contribution in [1.29, 1.82) is 0 Å². The van der Waals surface area contributed by atoms with Crippen LogP contribution in [-0.4, -0.2) is 30.2 Å². The predicted octanol–water partition coefficient (Wildman–Crippen LogP) is 0.536. The van der Waals surface area contributed by atoms with E-state index in [9.17, 15) is 9.90 Å². The minimum Gasteiger partial charge on any atom is -0.390 e. The summed E-state index contributed by atoms with van der Waals surface area (Å²) in [5.74, 6) is -0.113. The van der Waals surface area contributed by atoms with E-state index in [1.165, 1.54) is 0 Å². The molecule has 0 aromatic heterocycles. The van der Waals surface area contributed by atoms with Gasteiger partial charge in [-0.25, -0.2) is 0 Å². The van der Waals surface area contributed by atoms with Gasteiger partial charge in [-0.3, -0.25) is 4.79 Å². The van der Waals surface area contributed by atoms with E-state index in [-0.39, 0.29) is 18.5 Å². The molecule has 0 radical (unpaired) electrons. The van der Waals surface area contributed by atoms with Gasteiger partial charge in [0.2, 0.25) is 5.91 Å². The van der Waals surface area contributed by atoms with Crippen LogP contribution in [0.1, 0.15) is 17.2 Å². The number of amides is 1. The molecule has 0 unspecified atom stereocenters. The second kappa shape index (κ2) is 5.80. The van der Waals surface area contributed by atoms with Crippen molar-refractivity contribution in [2.24, 2.45) is 0 Å². The predicted molar refractivity (Wildman–Crippen MR) is 70.1 cm³/mol. The SMILES string of the molecule is C=CCNCC(=O)N[C@@H]1c2ccccc2C[C@@H]1O. The van der Waals surface area contributed by atoms with Gasteiger partial charge in [-0.15, -0.1) is 6.58 Å². The summed E-state index contributed by atoms with van der Waals surface area (Å²) in [4.78, 5) is 11.7. The number of carbonyl (C=O) groups is 1. The molecule has 96 valence electrons. The summed E-state index contributed by atoms with van der Waals surface area (Å²) >= 11 is 0. The maximum atomic E-state index is 11.7. The van der Waals surface area contributed by atoms with Gasteiger partial charge >= 0.3 is 0 Å². The summed E-state index contributed by atoms with van der Waals surface area (Å²) in [6.07, 6.45) is 1.76. The fraction of sp³-hybridized carbons (Fsp3) is 0.357. The minimum atomic E-state index is -0.536. The van der Waals surface area contributed by atoms with E-state index < -0.39 is 6.10 Å². The van der Waals surface area contributed by atoms with Crippen LogP contribution in [0.15, 0.2) is 36.9 Å². The van der Waals surface area contributed by atoms with Crippen LogP contribution in [0.25, 0.3) is 0 Å². The molecule has 2 atom stereocenters. The number of carbonyl (C=O) groups excluding carboxylic acids is 1. The first-order valence-electron chi connectivity index (χ1n) is 6.09. The number of aliphatic hydroxyl groups excluding tert-OH is 1. The lowest BCUT2D eigenvalue weighted by Crippen LogP contribution is -2.39. The molecule has 0 saturated heterocycles. The van der Waals surface area contributed by atoms with E-state index in [0.717, 1.165) is 11.1 Å². The van der Waals surface area contributed by atoms with Crippen molar-refractivity contribution in [1.82, 2.24) is 10.6 Å². The summed E-state index contributed by atoms with van der Waals surface area (Å²) in [6.45, 7) is 4.40. The Kier molecular flexibility index (Phi) is 4.12. The number of hydrogen-bond donors (Lipinski definition) is 3. The minimum absolute atomic E-state index is 0.113. The molecular formula is C14H18N2O2. The molecule has 2 rings (SSSR count). The molecule has 18 heavy (non-hydrogen) atoms. The summed E-state index contributed by atoms with van der Waals surface area (Å²) in [6, 6.07) is 7.51. The highest BCUT2D eigenvalue weighted by Gasteiger charge is 2.31. The first kappa shape index (κ1) is 12.8. The number of benzene rings is 1. The van der Waals surface area contributed by atoms with Crippen LogP contribution in [0.3, 0.4) is 0 Å². The highest BCUT2D eigenvalue weighted by atomic mass is 16.3. The largest absolute Gasteiger partial charge is 0.390 e. The Bertz CT molecular complexity index is 445. The van der Waals surface area contributed by atoms with E-state index in [2.05, 4.69) is 17.2 Å². The Morgan fingerprint density at radius 1 is 1.50 bits per heavy atom. The Balaban J connectivity index is 1.97. The molecule has 1 aromatic carbocycles. The third-order valence-electron chi connectivity index (χ3n) is 3.09. The fourth-order valence-electron chi connectivity index (χ4n) is 2.26. The lowest BCUT2D eigenvalue weighted by molar-refractivity contribution is -0.121. The van der Waals surface area contributed by atoms with Crippen molar-refractivity contribution in [3.05, 3.63) is 48.0 Å². The van der Waals surface area contributed by atoms with E-state index in [1.807, 2.05) is 24.3 Å². The van der Waals surface area contributed by atoms with Crippen molar-refractivity contribution in [3.63, 3.8) is 0 Å². The van der Waals surface area contributed by atoms with Gasteiger partial charge in [-0.2, -0.15) is 0 Å². The maximum absolute atomic E-state index is 11.7. The first-order chi connectivity index (χ1) is 8.72. The number of fused-ring (bicyclic) bond motifs is 1. The summed E-state index contributed by atoms with van der Waals surface area (Å²) in [7, 11) is 0. The van der Waals surface area contributed by atoms with Crippen LogP contribution in [0.2, 0.25) is 0 Å². The van der Waals surface area contributed by atoms with Crippen molar-refractivity contribution in [2.45, 2.75) is 18.6 Å². The second-order valence-electron chi connectivity index (χ2n) is 4.44. The Morgan fingerprint density at radius 3 is 3.06 bits per heavy atom. The van der Waals surface area contributed by atoms with Gasteiger partial charge in [0.25, 0.3) is 0 Å². The number of hydrogen-bond acceptors (Lipinski definition) is 3. The zero-order valence-corrected chi connectivity index (χ0v) is 10.2. The zero-order chi connectivity index (χ0) is 13.0. The normalized spacial score (nSPS) is 21.4. The third-order valence-corrected chi connectivity index (χ3v) is 3.09. The van der Waals surface area contributed by atoms with Gasteiger partial charge in [-0.1, -0.05) is 30.3 Å². The quantitative estimate of drug-likeness (QED) is 0.525. The Hall–Kier alpha value is -1.65. The fourth-order valence-corrected chi connectivity index (χ4v) is 2.26. The molecule has 3 N–H and O–H groups in total. The standard InChI is InChI=1S/C14H18N2O2/c1-2-7-15-9-13(18)16-14-11-6-4-3-5-10(11)8-12(14)17/h2-6,12,14-15,17H,1,7-9H2,(H,16,18)/t12-,14+/m0/s1. The molecule has 1 aliphatic rings. The topological polar surface area (TPSA) is 61.4 Å². The molecule has 0 bridgehead atoms. The average molecular weight is 246 g/mol. The van der Waals surface area contributed by atoms with Crippen molar-refractivity contribution in [2.75, 3.05) is 13.1 Å². The molecule has 0 saturated carbocycles. The summed E-state index contributed by atoms with van der Waals surface area (Å²) in [5.41, 5.74) is 2.12. The Labute approximate surface area is 107 Å². The molecule has 1 aromatic rings. The third kappa shape index (κ3) is 2.78. The molecular weight excluding hydrogens is 228 g/mol. The molecule has 4 heteroatoms. The lowest BCUT2D eigenvalue weighted by atomic mass is 10.1. The molecule has 0 fully saturated rings. The van der Waals surface area contributed by atoms with Crippen molar-refractivity contribution >= 4 is 5.91 Å². The van der Waals surface area contributed by atoms with Crippen LogP contribution >= 0.6 is 0 Å². The number of nitrogens with one attached hydrogen (secondary N) is 2. The van der Waals surface area contributed by atoms with Gasteiger partial charge in [0.15, 0.2) is 0 Å². The van der Waals surface area contributed by atoms with Gasteiger partial charge < -0.3 is 15.7 Å². The molecule has 0 heterocycles. The highest BCUT2D eigenvalue weighted by molar-refractivity contribution is 5.78. The molecule has 1 amide bonds. The first-order valence-corrected chi connectivity index (χ1v) is 6.09. The van der Waals surface area contributed by atoms with Gasteiger partial charge in [0.05, 0.1) is 18.7 Å². The average Bonchev–Trinajstić information content (AvgIpc) is 2.67. The van der Waals surface area contributed by atoms with Crippen LogP contribution in [-0.2, 0) is 11.2 Å². The second-order valence-corrected chi connectivity index (χ2v) is 4.44. The van der Waals surface area contributed by atoms with E-state index in [4.69, 9.17) is 0 Å². The van der Waals surface area contributed by atoms with Gasteiger partial charge in [-0.05, 0) is 11.1 Å². The lowest BCUT2D eigenvalue weighted by Gasteiger charge is -2.18. The van der Waals surface area contributed by atoms with Crippen LogP contribution in [0, 0.1) is 0 Å². The molecule has 0 aliphatic heterocycles. The summed E-state index contributed by atoms with van der Waals surface area (Å²) < 4.78 is 0.